The molecule has 0 aliphatic carbocycles. The lowest BCUT2D eigenvalue weighted by Gasteiger charge is -2.29. The molecular weight excluding hydrogens is 218 g/mol. The van der Waals surface area contributed by atoms with Gasteiger partial charge in [-0.15, -0.1) is 5.10 Å². The Bertz CT molecular complexity index is 351. The highest BCUT2D eigenvalue weighted by Crippen LogP contribution is 2.15. The normalized spacial score (nSPS) is 22.8. The molecule has 0 bridgehead atoms. The maximum Gasteiger partial charge on any atom is 0.244 e. The van der Waals surface area contributed by atoms with Crippen molar-refractivity contribution in [2.45, 2.75) is 44.8 Å². The highest BCUT2D eigenvalue weighted by Gasteiger charge is 2.19. The summed E-state index contributed by atoms with van der Waals surface area (Å²) in [5.74, 6) is 1.57. The summed E-state index contributed by atoms with van der Waals surface area (Å²) in [4.78, 5) is 6.55. The third-order valence-electron chi connectivity index (χ3n) is 3.06. The Morgan fingerprint density at radius 2 is 2.47 bits per heavy atom. The molecule has 2 rings (SSSR count). The van der Waals surface area contributed by atoms with Crippen molar-refractivity contribution >= 4 is 5.95 Å². The van der Waals surface area contributed by atoms with Gasteiger partial charge in [-0.25, -0.2) is 0 Å². The van der Waals surface area contributed by atoms with Crippen LogP contribution in [0.4, 0.5) is 5.95 Å². The van der Waals surface area contributed by atoms with Crippen LogP contribution < -0.4 is 10.6 Å². The van der Waals surface area contributed by atoms with E-state index in [2.05, 4.69) is 20.1 Å². The van der Waals surface area contributed by atoms with Crippen LogP contribution in [-0.2, 0) is 6.42 Å². The molecule has 0 saturated carbocycles. The van der Waals surface area contributed by atoms with Gasteiger partial charge in [0.2, 0.25) is 5.95 Å². The Labute approximate surface area is 101 Å². The van der Waals surface area contributed by atoms with Gasteiger partial charge in [0, 0.05) is 25.6 Å². The lowest BCUT2D eigenvalue weighted by Crippen LogP contribution is -2.43. The van der Waals surface area contributed by atoms with Crippen LogP contribution in [0.5, 0.6) is 0 Å². The van der Waals surface area contributed by atoms with Crippen molar-refractivity contribution in [2.75, 3.05) is 18.0 Å². The van der Waals surface area contributed by atoms with Gasteiger partial charge in [0.25, 0.3) is 0 Å². The molecule has 6 nitrogen and oxygen atoms in total. The maximum atomic E-state index is 9.21. The van der Waals surface area contributed by atoms with E-state index in [4.69, 9.17) is 5.73 Å². The van der Waals surface area contributed by atoms with Gasteiger partial charge in [0.05, 0.1) is 6.10 Å². The van der Waals surface area contributed by atoms with E-state index in [1.54, 1.807) is 6.92 Å². The standard InChI is InChI=1S/C11H21N5O/c1-8(17)4-5-10-13-11(15-14-10)16-6-2-3-9(12)7-16/h8-9,17H,2-7,12H2,1H3,(H,13,14,15). The number of piperidine rings is 1. The Morgan fingerprint density at radius 1 is 1.65 bits per heavy atom. The second kappa shape index (κ2) is 5.46. The second-order valence-corrected chi connectivity index (χ2v) is 4.82. The van der Waals surface area contributed by atoms with Crippen LogP contribution in [0.1, 0.15) is 32.0 Å². The fraction of sp³-hybridized carbons (Fsp3) is 0.818. The van der Waals surface area contributed by atoms with Crippen LogP contribution >= 0.6 is 0 Å². The summed E-state index contributed by atoms with van der Waals surface area (Å²) in [5.41, 5.74) is 5.93. The van der Waals surface area contributed by atoms with Crippen molar-refractivity contribution in [3.8, 4) is 0 Å². The molecule has 6 heteroatoms. The molecule has 1 aliphatic rings. The number of H-pyrrole nitrogens is 1. The monoisotopic (exact) mass is 239 g/mol. The fourth-order valence-electron chi connectivity index (χ4n) is 2.08. The molecule has 2 atom stereocenters. The summed E-state index contributed by atoms with van der Waals surface area (Å²) in [6.07, 6.45) is 3.31. The smallest absolute Gasteiger partial charge is 0.244 e. The lowest BCUT2D eigenvalue weighted by molar-refractivity contribution is 0.184. The van der Waals surface area contributed by atoms with E-state index < -0.39 is 0 Å². The summed E-state index contributed by atoms with van der Waals surface area (Å²) in [6, 6.07) is 0.225. The number of aliphatic hydroxyl groups is 1. The number of rotatable bonds is 4. The van der Waals surface area contributed by atoms with Gasteiger partial charge in [0.1, 0.15) is 5.82 Å². The number of hydrogen-bond acceptors (Lipinski definition) is 5. The third-order valence-corrected chi connectivity index (χ3v) is 3.06. The molecule has 0 spiro atoms. The highest BCUT2D eigenvalue weighted by atomic mass is 16.3. The van der Waals surface area contributed by atoms with E-state index in [1.165, 1.54) is 0 Å². The molecule has 96 valence electrons. The Kier molecular flexibility index (Phi) is 3.96. The number of anilines is 1. The third kappa shape index (κ3) is 3.41. The zero-order valence-electron chi connectivity index (χ0n) is 10.3. The fourth-order valence-corrected chi connectivity index (χ4v) is 2.08. The number of aryl methyl sites for hydroxylation is 1. The number of aromatic amines is 1. The van der Waals surface area contributed by atoms with Crippen LogP contribution in [0.15, 0.2) is 0 Å². The van der Waals surface area contributed by atoms with E-state index in [0.717, 1.165) is 44.1 Å². The average molecular weight is 239 g/mol. The van der Waals surface area contributed by atoms with Gasteiger partial charge in [-0.3, -0.25) is 5.10 Å². The topological polar surface area (TPSA) is 91.1 Å². The minimum absolute atomic E-state index is 0.225. The molecule has 2 unspecified atom stereocenters. The Hall–Kier alpha value is -1.14. The molecule has 4 N–H and O–H groups in total. The number of hydrogen-bond donors (Lipinski definition) is 3. The zero-order chi connectivity index (χ0) is 12.3. The van der Waals surface area contributed by atoms with Crippen molar-refractivity contribution in [1.82, 2.24) is 15.2 Å². The summed E-state index contributed by atoms with van der Waals surface area (Å²) in [7, 11) is 0. The van der Waals surface area contributed by atoms with E-state index in [-0.39, 0.29) is 12.1 Å². The largest absolute Gasteiger partial charge is 0.393 e. The SMILES string of the molecule is CC(O)CCc1nc(N2CCCC(N)C2)n[nH]1. The van der Waals surface area contributed by atoms with Crippen molar-refractivity contribution in [1.29, 1.82) is 0 Å². The zero-order valence-corrected chi connectivity index (χ0v) is 10.3. The molecule has 1 aromatic rings. The Morgan fingerprint density at radius 3 is 3.18 bits per heavy atom. The van der Waals surface area contributed by atoms with Crippen molar-refractivity contribution in [2.24, 2.45) is 5.73 Å². The molecule has 0 amide bonds. The lowest BCUT2D eigenvalue weighted by atomic mass is 10.1. The summed E-state index contributed by atoms with van der Waals surface area (Å²) < 4.78 is 0. The van der Waals surface area contributed by atoms with Crippen molar-refractivity contribution < 1.29 is 5.11 Å². The summed E-state index contributed by atoms with van der Waals surface area (Å²) in [5, 5.41) is 16.3. The second-order valence-electron chi connectivity index (χ2n) is 4.82. The predicted octanol–water partition coefficient (Wildman–Crippen LogP) is 0.0456. The molecule has 0 aromatic carbocycles. The Balaban J connectivity index is 1.92. The van der Waals surface area contributed by atoms with E-state index in [1.807, 2.05) is 0 Å². The first-order chi connectivity index (χ1) is 8.15. The number of nitrogens with one attached hydrogen (secondary N) is 1. The van der Waals surface area contributed by atoms with Gasteiger partial charge >= 0.3 is 0 Å². The number of nitrogens with zero attached hydrogens (tertiary/aromatic N) is 3. The first-order valence-electron chi connectivity index (χ1n) is 6.25. The summed E-state index contributed by atoms with van der Waals surface area (Å²) in [6.45, 7) is 3.58. The van der Waals surface area contributed by atoms with Gasteiger partial charge in [0.15, 0.2) is 0 Å². The number of aliphatic hydroxyl groups excluding tert-OH is 1. The predicted molar refractivity (Wildman–Crippen MR) is 65.8 cm³/mol. The minimum Gasteiger partial charge on any atom is -0.393 e. The van der Waals surface area contributed by atoms with Crippen LogP contribution in [-0.4, -0.2) is 45.5 Å². The van der Waals surface area contributed by atoms with Gasteiger partial charge in [-0.1, -0.05) is 0 Å². The first-order valence-corrected chi connectivity index (χ1v) is 6.25. The van der Waals surface area contributed by atoms with E-state index >= 15 is 0 Å². The van der Waals surface area contributed by atoms with Crippen LogP contribution in [0.3, 0.4) is 0 Å². The number of aromatic nitrogens is 3. The van der Waals surface area contributed by atoms with Gasteiger partial charge < -0.3 is 15.7 Å². The molecule has 1 saturated heterocycles. The van der Waals surface area contributed by atoms with Crippen LogP contribution in [0.25, 0.3) is 0 Å². The van der Waals surface area contributed by atoms with Crippen molar-refractivity contribution in [3.05, 3.63) is 5.82 Å². The van der Waals surface area contributed by atoms with Crippen molar-refractivity contribution in [3.63, 3.8) is 0 Å². The van der Waals surface area contributed by atoms with Crippen LogP contribution in [0, 0.1) is 0 Å². The minimum atomic E-state index is -0.299. The molecule has 1 fully saturated rings. The van der Waals surface area contributed by atoms with E-state index in [0.29, 0.717) is 6.42 Å². The van der Waals surface area contributed by atoms with Crippen LogP contribution in [0.2, 0.25) is 0 Å². The molecule has 0 radical (unpaired) electrons. The van der Waals surface area contributed by atoms with Gasteiger partial charge in [-0.2, -0.15) is 4.98 Å². The molecule has 1 aliphatic heterocycles. The molecule has 17 heavy (non-hydrogen) atoms. The number of nitrogens with two attached hydrogens (primary N) is 1. The van der Waals surface area contributed by atoms with Gasteiger partial charge in [-0.05, 0) is 26.2 Å². The molecule has 1 aromatic heterocycles. The highest BCUT2D eigenvalue weighted by molar-refractivity contribution is 5.29. The first kappa shape index (κ1) is 12.3. The molecular formula is C11H21N5O. The summed E-state index contributed by atoms with van der Waals surface area (Å²) >= 11 is 0. The van der Waals surface area contributed by atoms with E-state index in [9.17, 15) is 5.11 Å². The molecule has 2 heterocycles. The quantitative estimate of drug-likeness (QED) is 0.690. The average Bonchev–Trinajstić information content (AvgIpc) is 2.75. The maximum absolute atomic E-state index is 9.21.